The van der Waals surface area contributed by atoms with E-state index in [1.807, 2.05) is 6.92 Å². The summed E-state index contributed by atoms with van der Waals surface area (Å²) in [5, 5.41) is 0. The van der Waals surface area contributed by atoms with Gasteiger partial charge < -0.3 is 4.74 Å². The Kier molecular flexibility index (Phi) is 5.50. The van der Waals surface area contributed by atoms with E-state index in [0.717, 1.165) is 19.3 Å². The van der Waals surface area contributed by atoms with Gasteiger partial charge in [0.1, 0.15) is 5.78 Å². The van der Waals surface area contributed by atoms with Gasteiger partial charge in [-0.3, -0.25) is 9.59 Å². The van der Waals surface area contributed by atoms with E-state index in [1.165, 1.54) is 20.0 Å². The largest absolute Gasteiger partial charge is 0.469 e. The fourth-order valence-electron chi connectivity index (χ4n) is 2.58. The van der Waals surface area contributed by atoms with E-state index < -0.39 is 0 Å². The Morgan fingerprint density at radius 1 is 1.31 bits per heavy atom. The summed E-state index contributed by atoms with van der Waals surface area (Å²) in [5.74, 6) is 0.181. The van der Waals surface area contributed by atoms with Crippen molar-refractivity contribution in [2.45, 2.75) is 51.9 Å². The molecule has 0 aromatic carbocycles. The smallest absolute Gasteiger partial charge is 0.309 e. The van der Waals surface area contributed by atoms with Gasteiger partial charge in [-0.25, -0.2) is 0 Å². The molecule has 1 aliphatic carbocycles. The van der Waals surface area contributed by atoms with E-state index >= 15 is 0 Å². The molecule has 1 fully saturated rings. The van der Waals surface area contributed by atoms with Gasteiger partial charge in [-0.2, -0.15) is 0 Å². The Labute approximate surface area is 97.5 Å². The zero-order valence-electron chi connectivity index (χ0n) is 10.3. The van der Waals surface area contributed by atoms with Crippen LogP contribution in [0.25, 0.3) is 0 Å². The van der Waals surface area contributed by atoms with Crippen LogP contribution >= 0.6 is 0 Å². The predicted octanol–water partition coefficient (Wildman–Crippen LogP) is 2.73. The second-order valence-electron chi connectivity index (χ2n) is 4.67. The lowest BCUT2D eigenvalue weighted by Crippen LogP contribution is -2.26. The fourth-order valence-corrected chi connectivity index (χ4v) is 2.58. The van der Waals surface area contributed by atoms with Crippen LogP contribution in [0.2, 0.25) is 0 Å². The molecule has 1 saturated carbocycles. The number of hydrogen-bond acceptors (Lipinski definition) is 3. The molecule has 3 heteroatoms. The molecule has 0 aromatic rings. The maximum Gasteiger partial charge on any atom is 0.309 e. The molecule has 0 saturated heterocycles. The first-order chi connectivity index (χ1) is 7.69. The van der Waals surface area contributed by atoms with Crippen LogP contribution in [0.3, 0.4) is 0 Å². The van der Waals surface area contributed by atoms with Gasteiger partial charge in [0.2, 0.25) is 0 Å². The number of carbonyl (C=O) groups excluding carboxylic acids is 2. The number of ether oxygens (including phenoxy) is 1. The summed E-state index contributed by atoms with van der Waals surface area (Å²) >= 11 is 0. The molecule has 3 nitrogen and oxygen atoms in total. The Morgan fingerprint density at radius 2 is 1.94 bits per heavy atom. The second kappa shape index (κ2) is 6.66. The maximum absolute atomic E-state index is 11.7. The summed E-state index contributed by atoms with van der Waals surface area (Å²) in [5.41, 5.74) is 0. The lowest BCUT2D eigenvalue weighted by Gasteiger charge is -2.20. The Bertz CT molecular complexity index is 242. The normalized spacial score (nSPS) is 18.4. The SMILES string of the molecule is CCCC(=O)CC(C(=O)OC)C1CCCC1. The molecule has 1 unspecified atom stereocenters. The summed E-state index contributed by atoms with van der Waals surface area (Å²) < 4.78 is 4.81. The van der Waals surface area contributed by atoms with Crippen molar-refractivity contribution in [3.05, 3.63) is 0 Å². The van der Waals surface area contributed by atoms with Crippen molar-refractivity contribution in [3.8, 4) is 0 Å². The molecule has 0 aliphatic heterocycles. The molecular weight excluding hydrogens is 204 g/mol. The van der Waals surface area contributed by atoms with E-state index in [1.54, 1.807) is 0 Å². The Hall–Kier alpha value is -0.860. The molecule has 0 amide bonds. The third-order valence-corrected chi connectivity index (χ3v) is 3.45. The van der Waals surface area contributed by atoms with Crippen molar-refractivity contribution in [3.63, 3.8) is 0 Å². The minimum absolute atomic E-state index is 0.188. The number of ketones is 1. The lowest BCUT2D eigenvalue weighted by atomic mass is 9.86. The maximum atomic E-state index is 11.7. The summed E-state index contributed by atoms with van der Waals surface area (Å²) in [6.07, 6.45) is 6.32. The molecule has 1 rings (SSSR count). The quantitative estimate of drug-likeness (QED) is 0.654. The van der Waals surface area contributed by atoms with Crippen LogP contribution in [0, 0.1) is 11.8 Å². The first-order valence-corrected chi connectivity index (χ1v) is 6.28. The standard InChI is InChI=1S/C13H22O3/c1-3-6-11(14)9-12(13(15)16-2)10-7-4-5-8-10/h10,12H,3-9H2,1-2H3. The molecule has 0 heterocycles. The van der Waals surface area contributed by atoms with Crippen LogP contribution in [0.15, 0.2) is 0 Å². The van der Waals surface area contributed by atoms with Crippen molar-refractivity contribution < 1.29 is 14.3 Å². The highest BCUT2D eigenvalue weighted by Gasteiger charge is 2.32. The molecule has 92 valence electrons. The lowest BCUT2D eigenvalue weighted by molar-refractivity contribution is -0.149. The topological polar surface area (TPSA) is 43.4 Å². The van der Waals surface area contributed by atoms with Gasteiger partial charge in [0.05, 0.1) is 13.0 Å². The highest BCUT2D eigenvalue weighted by molar-refractivity contribution is 5.84. The van der Waals surface area contributed by atoms with Crippen molar-refractivity contribution in [1.82, 2.24) is 0 Å². The third kappa shape index (κ3) is 3.62. The number of rotatable bonds is 6. The summed E-state index contributed by atoms with van der Waals surface area (Å²) in [6.45, 7) is 1.99. The van der Waals surface area contributed by atoms with Gasteiger partial charge in [0, 0.05) is 12.8 Å². The average molecular weight is 226 g/mol. The van der Waals surface area contributed by atoms with Crippen LogP contribution in [-0.4, -0.2) is 18.9 Å². The van der Waals surface area contributed by atoms with Crippen molar-refractivity contribution in [1.29, 1.82) is 0 Å². The monoisotopic (exact) mass is 226 g/mol. The third-order valence-electron chi connectivity index (χ3n) is 3.45. The van der Waals surface area contributed by atoms with E-state index in [4.69, 9.17) is 4.74 Å². The first kappa shape index (κ1) is 13.2. The molecule has 0 spiro atoms. The average Bonchev–Trinajstić information content (AvgIpc) is 2.78. The molecular formula is C13H22O3. The molecule has 0 N–H and O–H groups in total. The zero-order chi connectivity index (χ0) is 12.0. The minimum atomic E-state index is -0.198. The van der Waals surface area contributed by atoms with E-state index in [2.05, 4.69) is 0 Å². The highest BCUT2D eigenvalue weighted by Crippen LogP contribution is 2.34. The zero-order valence-corrected chi connectivity index (χ0v) is 10.3. The number of carbonyl (C=O) groups is 2. The molecule has 1 aliphatic rings. The van der Waals surface area contributed by atoms with Crippen LogP contribution in [0.1, 0.15) is 51.9 Å². The van der Waals surface area contributed by atoms with Gasteiger partial charge in [0.25, 0.3) is 0 Å². The molecule has 1 atom stereocenters. The second-order valence-corrected chi connectivity index (χ2v) is 4.67. The summed E-state index contributed by atoms with van der Waals surface area (Å²) in [4.78, 5) is 23.3. The molecule has 0 aromatic heterocycles. The van der Waals surface area contributed by atoms with E-state index in [0.29, 0.717) is 18.8 Å². The van der Waals surface area contributed by atoms with Crippen LogP contribution in [0.4, 0.5) is 0 Å². The van der Waals surface area contributed by atoms with Gasteiger partial charge >= 0.3 is 5.97 Å². The molecule has 0 bridgehead atoms. The van der Waals surface area contributed by atoms with Crippen molar-refractivity contribution >= 4 is 11.8 Å². The number of hydrogen-bond donors (Lipinski definition) is 0. The van der Waals surface area contributed by atoms with Gasteiger partial charge in [-0.05, 0) is 25.2 Å². The van der Waals surface area contributed by atoms with E-state index in [-0.39, 0.29) is 17.7 Å². The highest BCUT2D eigenvalue weighted by atomic mass is 16.5. The van der Waals surface area contributed by atoms with Crippen LogP contribution < -0.4 is 0 Å². The van der Waals surface area contributed by atoms with E-state index in [9.17, 15) is 9.59 Å². The predicted molar refractivity (Wildman–Crippen MR) is 62.0 cm³/mol. The summed E-state index contributed by atoms with van der Waals surface area (Å²) in [6, 6.07) is 0. The number of esters is 1. The molecule has 0 radical (unpaired) electrons. The Balaban J connectivity index is 2.56. The number of Topliss-reactive ketones (excluding diaryl/α,β-unsaturated/α-hetero) is 1. The summed E-state index contributed by atoms with van der Waals surface area (Å²) in [7, 11) is 1.41. The Morgan fingerprint density at radius 3 is 2.44 bits per heavy atom. The molecule has 16 heavy (non-hydrogen) atoms. The van der Waals surface area contributed by atoms with Crippen molar-refractivity contribution in [2.75, 3.05) is 7.11 Å². The van der Waals surface area contributed by atoms with Crippen molar-refractivity contribution in [2.24, 2.45) is 11.8 Å². The van der Waals surface area contributed by atoms with Gasteiger partial charge in [-0.15, -0.1) is 0 Å². The minimum Gasteiger partial charge on any atom is -0.469 e. The van der Waals surface area contributed by atoms with Crippen LogP contribution in [0.5, 0.6) is 0 Å². The van der Waals surface area contributed by atoms with Gasteiger partial charge in [0.15, 0.2) is 0 Å². The van der Waals surface area contributed by atoms with Crippen LogP contribution in [-0.2, 0) is 14.3 Å². The fraction of sp³-hybridized carbons (Fsp3) is 0.846. The first-order valence-electron chi connectivity index (χ1n) is 6.28. The van der Waals surface area contributed by atoms with Gasteiger partial charge in [-0.1, -0.05) is 19.8 Å². The number of methoxy groups -OCH3 is 1.